The Morgan fingerprint density at radius 2 is 1.87 bits per heavy atom. The van der Waals surface area contributed by atoms with Gasteiger partial charge in [-0.05, 0) is 37.0 Å². The molecular formula is C17H29N3O3. The molecule has 1 aliphatic carbocycles. The van der Waals surface area contributed by atoms with Crippen LogP contribution in [0.15, 0.2) is 0 Å². The zero-order valence-electron chi connectivity index (χ0n) is 14.2. The molecule has 0 spiro atoms. The molecule has 2 amide bonds. The number of nitrogens with zero attached hydrogens (tertiary/aromatic N) is 2. The standard InChI is InChI=1S/C17H29N3O3/c1-11-5-13(10-21)8-20(6-11)17(23)16(22)18-15-9-19(7-12(15)2)14-3-4-14/h11-15,21H,3-10H2,1-2H3,(H,18,22). The number of amides is 2. The Balaban J connectivity index is 1.54. The molecular weight excluding hydrogens is 294 g/mol. The fraction of sp³-hybridized carbons (Fsp3) is 0.882. The molecule has 0 aromatic heterocycles. The van der Waals surface area contributed by atoms with Crippen molar-refractivity contribution < 1.29 is 14.7 Å². The van der Waals surface area contributed by atoms with Gasteiger partial charge in [-0.1, -0.05) is 13.8 Å². The van der Waals surface area contributed by atoms with Gasteiger partial charge in [-0.15, -0.1) is 0 Å². The summed E-state index contributed by atoms with van der Waals surface area (Å²) in [6.07, 6.45) is 3.44. The predicted molar refractivity (Wildman–Crippen MR) is 86.6 cm³/mol. The smallest absolute Gasteiger partial charge is 0.311 e. The number of piperidine rings is 1. The van der Waals surface area contributed by atoms with E-state index < -0.39 is 11.8 Å². The van der Waals surface area contributed by atoms with E-state index in [-0.39, 0.29) is 18.6 Å². The van der Waals surface area contributed by atoms with E-state index in [1.807, 2.05) is 0 Å². The Hall–Kier alpha value is -1.14. The molecule has 0 radical (unpaired) electrons. The van der Waals surface area contributed by atoms with Gasteiger partial charge < -0.3 is 15.3 Å². The van der Waals surface area contributed by atoms with Crippen molar-refractivity contribution in [2.75, 3.05) is 32.8 Å². The van der Waals surface area contributed by atoms with Crippen LogP contribution in [0.1, 0.15) is 33.1 Å². The summed E-state index contributed by atoms with van der Waals surface area (Å²) in [5, 5.41) is 12.3. The van der Waals surface area contributed by atoms with Crippen LogP contribution in [-0.2, 0) is 9.59 Å². The van der Waals surface area contributed by atoms with Crippen molar-refractivity contribution in [3.63, 3.8) is 0 Å². The van der Waals surface area contributed by atoms with Gasteiger partial charge in [0.1, 0.15) is 0 Å². The van der Waals surface area contributed by atoms with Gasteiger partial charge in [0.15, 0.2) is 0 Å². The molecule has 4 atom stereocenters. The minimum atomic E-state index is -0.481. The zero-order valence-corrected chi connectivity index (χ0v) is 14.2. The van der Waals surface area contributed by atoms with Gasteiger partial charge in [0, 0.05) is 44.9 Å². The Labute approximate surface area is 138 Å². The third-order valence-corrected chi connectivity index (χ3v) is 5.51. The van der Waals surface area contributed by atoms with E-state index in [1.165, 1.54) is 12.8 Å². The number of hydrogen-bond acceptors (Lipinski definition) is 4. The predicted octanol–water partition coefficient (Wildman–Crippen LogP) is 0.0622. The number of aliphatic hydroxyl groups excluding tert-OH is 1. The first-order chi connectivity index (χ1) is 11.0. The molecule has 2 aliphatic heterocycles. The van der Waals surface area contributed by atoms with E-state index in [4.69, 9.17) is 0 Å². The molecule has 2 heterocycles. The Bertz CT molecular complexity index is 466. The van der Waals surface area contributed by atoms with Gasteiger partial charge in [-0.2, -0.15) is 0 Å². The monoisotopic (exact) mass is 323 g/mol. The fourth-order valence-electron chi connectivity index (χ4n) is 4.08. The summed E-state index contributed by atoms with van der Waals surface area (Å²) in [7, 11) is 0. The highest BCUT2D eigenvalue weighted by atomic mass is 16.3. The molecule has 4 unspecified atom stereocenters. The fourth-order valence-corrected chi connectivity index (χ4v) is 4.08. The molecule has 2 N–H and O–H groups in total. The van der Waals surface area contributed by atoms with Crippen molar-refractivity contribution in [1.29, 1.82) is 0 Å². The number of nitrogens with one attached hydrogen (secondary N) is 1. The van der Waals surface area contributed by atoms with Crippen LogP contribution in [0.5, 0.6) is 0 Å². The molecule has 3 aliphatic rings. The van der Waals surface area contributed by atoms with Gasteiger partial charge in [-0.3, -0.25) is 14.5 Å². The molecule has 3 fully saturated rings. The van der Waals surface area contributed by atoms with Crippen molar-refractivity contribution in [1.82, 2.24) is 15.1 Å². The largest absolute Gasteiger partial charge is 0.396 e. The van der Waals surface area contributed by atoms with Crippen LogP contribution in [0.4, 0.5) is 0 Å². The zero-order chi connectivity index (χ0) is 16.6. The van der Waals surface area contributed by atoms with E-state index in [0.29, 0.717) is 31.0 Å². The van der Waals surface area contributed by atoms with E-state index >= 15 is 0 Å². The molecule has 0 aromatic rings. The molecule has 0 bridgehead atoms. The first kappa shape index (κ1) is 16.7. The van der Waals surface area contributed by atoms with Crippen LogP contribution in [0, 0.1) is 17.8 Å². The average Bonchev–Trinajstić information content (AvgIpc) is 3.31. The Morgan fingerprint density at radius 1 is 1.13 bits per heavy atom. The second kappa shape index (κ2) is 6.77. The van der Waals surface area contributed by atoms with Gasteiger partial charge in [0.25, 0.3) is 0 Å². The number of carbonyl (C=O) groups is 2. The summed E-state index contributed by atoms with van der Waals surface area (Å²) >= 11 is 0. The van der Waals surface area contributed by atoms with Crippen LogP contribution in [0.2, 0.25) is 0 Å². The number of hydrogen-bond donors (Lipinski definition) is 2. The van der Waals surface area contributed by atoms with Gasteiger partial charge >= 0.3 is 11.8 Å². The molecule has 23 heavy (non-hydrogen) atoms. The first-order valence-corrected chi connectivity index (χ1v) is 8.92. The van der Waals surface area contributed by atoms with Crippen molar-refractivity contribution in [3.8, 4) is 0 Å². The summed E-state index contributed by atoms with van der Waals surface area (Å²) in [6, 6.07) is 0.770. The molecule has 6 heteroatoms. The lowest BCUT2D eigenvalue weighted by Gasteiger charge is -2.35. The quantitative estimate of drug-likeness (QED) is 0.721. The van der Waals surface area contributed by atoms with Crippen LogP contribution >= 0.6 is 0 Å². The number of aliphatic hydroxyl groups is 1. The summed E-state index contributed by atoms with van der Waals surface area (Å²) in [4.78, 5) is 28.8. The molecule has 6 nitrogen and oxygen atoms in total. The number of likely N-dealkylation sites (tertiary alicyclic amines) is 2. The van der Waals surface area contributed by atoms with Gasteiger partial charge in [-0.25, -0.2) is 0 Å². The van der Waals surface area contributed by atoms with E-state index in [0.717, 1.165) is 19.5 Å². The second-order valence-corrected chi connectivity index (χ2v) is 7.84. The Kier molecular flexibility index (Phi) is 4.92. The highest BCUT2D eigenvalue weighted by Gasteiger charge is 2.40. The van der Waals surface area contributed by atoms with Crippen LogP contribution in [-0.4, -0.2) is 71.6 Å². The Morgan fingerprint density at radius 3 is 2.52 bits per heavy atom. The normalized spacial score (nSPS) is 35.3. The lowest BCUT2D eigenvalue weighted by molar-refractivity contribution is -0.148. The van der Waals surface area contributed by atoms with E-state index in [2.05, 4.69) is 24.1 Å². The maximum absolute atomic E-state index is 12.4. The van der Waals surface area contributed by atoms with Crippen LogP contribution in [0.25, 0.3) is 0 Å². The SMILES string of the molecule is CC1CC(CO)CN(C(=O)C(=O)NC2CN(C3CC3)CC2C)C1. The lowest BCUT2D eigenvalue weighted by Crippen LogP contribution is -2.52. The third-order valence-electron chi connectivity index (χ3n) is 5.51. The third kappa shape index (κ3) is 3.86. The molecule has 3 rings (SSSR count). The van der Waals surface area contributed by atoms with Gasteiger partial charge in [0.05, 0.1) is 0 Å². The maximum atomic E-state index is 12.4. The van der Waals surface area contributed by atoms with Crippen LogP contribution in [0.3, 0.4) is 0 Å². The minimum Gasteiger partial charge on any atom is -0.396 e. The topological polar surface area (TPSA) is 72.9 Å². The summed E-state index contributed by atoms with van der Waals surface area (Å²) in [5.41, 5.74) is 0. The molecule has 0 aromatic carbocycles. The highest BCUT2D eigenvalue weighted by molar-refractivity contribution is 6.35. The maximum Gasteiger partial charge on any atom is 0.311 e. The van der Waals surface area contributed by atoms with Crippen molar-refractivity contribution in [2.24, 2.45) is 17.8 Å². The van der Waals surface area contributed by atoms with Crippen molar-refractivity contribution in [2.45, 2.75) is 45.2 Å². The minimum absolute atomic E-state index is 0.0721. The lowest BCUT2D eigenvalue weighted by atomic mass is 9.91. The highest BCUT2D eigenvalue weighted by Crippen LogP contribution is 2.31. The molecule has 1 saturated carbocycles. The summed E-state index contributed by atoms with van der Waals surface area (Å²) < 4.78 is 0. The van der Waals surface area contributed by atoms with E-state index in [9.17, 15) is 14.7 Å². The second-order valence-electron chi connectivity index (χ2n) is 7.84. The van der Waals surface area contributed by atoms with Gasteiger partial charge in [0.2, 0.25) is 0 Å². The summed E-state index contributed by atoms with van der Waals surface area (Å²) in [5.74, 6) is -0.116. The van der Waals surface area contributed by atoms with Crippen molar-refractivity contribution >= 4 is 11.8 Å². The summed E-state index contributed by atoms with van der Waals surface area (Å²) in [6.45, 7) is 7.25. The van der Waals surface area contributed by atoms with Crippen LogP contribution < -0.4 is 5.32 Å². The van der Waals surface area contributed by atoms with Crippen molar-refractivity contribution in [3.05, 3.63) is 0 Å². The number of rotatable bonds is 3. The average molecular weight is 323 g/mol. The molecule has 2 saturated heterocycles. The molecule has 130 valence electrons. The van der Waals surface area contributed by atoms with E-state index in [1.54, 1.807) is 4.90 Å². The number of carbonyl (C=O) groups excluding carboxylic acids is 2. The first-order valence-electron chi connectivity index (χ1n) is 8.92.